The third-order valence-electron chi connectivity index (χ3n) is 5.81. The van der Waals surface area contributed by atoms with Crippen LogP contribution in [0.4, 0.5) is 0 Å². The lowest BCUT2D eigenvalue weighted by Gasteiger charge is -2.45. The lowest BCUT2D eigenvalue weighted by Crippen LogP contribution is -2.35. The van der Waals surface area contributed by atoms with Crippen LogP contribution in [0.3, 0.4) is 0 Å². The molecule has 1 aromatic carbocycles. The van der Waals surface area contributed by atoms with Gasteiger partial charge in [0.05, 0.1) is 0 Å². The first-order valence-corrected chi connectivity index (χ1v) is 9.28. The van der Waals surface area contributed by atoms with Crippen LogP contribution in [0.2, 0.25) is 0 Å². The molecule has 0 nitrogen and oxygen atoms in total. The summed E-state index contributed by atoms with van der Waals surface area (Å²) < 4.78 is 0. The Morgan fingerprint density at radius 2 is 1.96 bits per heavy atom. The van der Waals surface area contributed by atoms with E-state index in [0.29, 0.717) is 11.8 Å². The second kappa shape index (κ2) is 6.59. The van der Waals surface area contributed by atoms with Crippen molar-refractivity contribution in [2.24, 2.45) is 5.92 Å². The average molecular weight is 319 g/mol. The van der Waals surface area contributed by atoms with Gasteiger partial charge in [0, 0.05) is 11.3 Å². The maximum atomic E-state index is 2.44. The van der Waals surface area contributed by atoms with Gasteiger partial charge in [0.15, 0.2) is 0 Å². The Labute approximate surface area is 147 Å². The molecule has 0 bridgehead atoms. The van der Waals surface area contributed by atoms with Gasteiger partial charge in [0.25, 0.3) is 0 Å². The molecule has 126 valence electrons. The third-order valence-corrected chi connectivity index (χ3v) is 5.81. The van der Waals surface area contributed by atoms with Crippen LogP contribution in [0.25, 0.3) is 0 Å². The molecular formula is C24H30. The summed E-state index contributed by atoms with van der Waals surface area (Å²) in [6, 6.07) is 9.14. The van der Waals surface area contributed by atoms with E-state index in [9.17, 15) is 0 Å². The predicted octanol–water partition coefficient (Wildman–Crippen LogP) is 6.87. The highest BCUT2D eigenvalue weighted by Crippen LogP contribution is 2.53. The summed E-state index contributed by atoms with van der Waals surface area (Å²) in [6.45, 7) is 11.4. The van der Waals surface area contributed by atoms with Gasteiger partial charge in [-0.05, 0) is 43.7 Å². The fourth-order valence-electron chi connectivity index (χ4n) is 4.58. The Kier molecular flexibility index (Phi) is 4.67. The summed E-state index contributed by atoms with van der Waals surface area (Å²) >= 11 is 0. The highest BCUT2D eigenvalue weighted by atomic mass is 14.4. The minimum absolute atomic E-state index is 0.102. The maximum Gasteiger partial charge on any atom is 0.0177 e. The Morgan fingerprint density at radius 3 is 2.67 bits per heavy atom. The van der Waals surface area contributed by atoms with E-state index in [-0.39, 0.29) is 5.41 Å². The average Bonchev–Trinajstić information content (AvgIpc) is 2.55. The van der Waals surface area contributed by atoms with Crippen LogP contribution < -0.4 is 0 Å². The van der Waals surface area contributed by atoms with Crippen molar-refractivity contribution in [2.75, 3.05) is 0 Å². The first kappa shape index (κ1) is 17.0. The Balaban J connectivity index is 2.18. The van der Waals surface area contributed by atoms with E-state index in [2.05, 4.69) is 89.3 Å². The molecule has 24 heavy (non-hydrogen) atoms. The lowest BCUT2D eigenvalue weighted by molar-refractivity contribution is 0.446. The summed E-state index contributed by atoms with van der Waals surface area (Å²) in [5, 5.41) is 0. The molecule has 0 heterocycles. The monoisotopic (exact) mass is 318 g/mol. The highest BCUT2D eigenvalue weighted by molar-refractivity contribution is 5.53. The summed E-state index contributed by atoms with van der Waals surface area (Å²) in [6.07, 6.45) is 13.9. The zero-order valence-corrected chi connectivity index (χ0v) is 15.8. The van der Waals surface area contributed by atoms with Crippen molar-refractivity contribution >= 4 is 0 Å². The van der Waals surface area contributed by atoms with Crippen molar-refractivity contribution in [3.8, 4) is 0 Å². The molecule has 3 atom stereocenters. The van der Waals surface area contributed by atoms with Crippen molar-refractivity contribution in [2.45, 2.75) is 58.8 Å². The van der Waals surface area contributed by atoms with Crippen molar-refractivity contribution in [3.05, 3.63) is 82.5 Å². The number of allylic oxidation sites excluding steroid dienone is 8. The van der Waals surface area contributed by atoms with Crippen molar-refractivity contribution < 1.29 is 0 Å². The molecule has 0 fully saturated rings. The van der Waals surface area contributed by atoms with E-state index in [4.69, 9.17) is 0 Å². The molecule has 2 aliphatic carbocycles. The normalized spacial score (nSPS) is 28.7. The second-order valence-electron chi connectivity index (χ2n) is 7.85. The number of hydrogen-bond donors (Lipinski definition) is 0. The van der Waals surface area contributed by atoms with Crippen LogP contribution in [-0.4, -0.2) is 0 Å². The standard InChI is InChI=1S/C24H30/c1-6-20(15-14-17(2)3)24(5)16-19-11-9-10-18(4)23(19)21-12-7-8-13-22(21)24/h7-15,18,23H,6,16H2,1-5H3/b20-15+. The molecule has 0 saturated carbocycles. The lowest BCUT2D eigenvalue weighted by atomic mass is 9.59. The topological polar surface area (TPSA) is 0 Å². The molecule has 0 aromatic heterocycles. The van der Waals surface area contributed by atoms with Crippen LogP contribution in [0.15, 0.2) is 71.4 Å². The van der Waals surface area contributed by atoms with E-state index >= 15 is 0 Å². The molecule has 0 saturated heterocycles. The van der Waals surface area contributed by atoms with Crippen molar-refractivity contribution in [1.29, 1.82) is 0 Å². The van der Waals surface area contributed by atoms with E-state index in [0.717, 1.165) is 12.8 Å². The van der Waals surface area contributed by atoms with Crippen LogP contribution >= 0.6 is 0 Å². The number of rotatable bonds is 3. The van der Waals surface area contributed by atoms with Crippen molar-refractivity contribution in [3.63, 3.8) is 0 Å². The summed E-state index contributed by atoms with van der Waals surface area (Å²) in [7, 11) is 0. The number of benzene rings is 1. The van der Waals surface area contributed by atoms with Gasteiger partial charge in [0.1, 0.15) is 0 Å². The molecule has 0 radical (unpaired) electrons. The molecule has 1 aromatic rings. The summed E-state index contributed by atoms with van der Waals surface area (Å²) in [5.74, 6) is 1.14. The van der Waals surface area contributed by atoms with E-state index in [1.165, 1.54) is 22.3 Å². The fraction of sp³-hybridized carbons (Fsp3) is 0.417. The van der Waals surface area contributed by atoms with Gasteiger partial charge in [0.2, 0.25) is 0 Å². The Bertz CT molecular complexity index is 737. The predicted molar refractivity (Wildman–Crippen MR) is 105 cm³/mol. The van der Waals surface area contributed by atoms with Crippen LogP contribution in [0, 0.1) is 5.92 Å². The smallest absolute Gasteiger partial charge is 0.0177 e. The first-order valence-electron chi connectivity index (χ1n) is 9.28. The van der Waals surface area contributed by atoms with Gasteiger partial charge in [-0.1, -0.05) is 92.1 Å². The largest absolute Gasteiger partial charge is 0.0808 e. The van der Waals surface area contributed by atoms with E-state index in [1.807, 2.05) is 0 Å². The van der Waals surface area contributed by atoms with Gasteiger partial charge in [-0.15, -0.1) is 0 Å². The van der Waals surface area contributed by atoms with Gasteiger partial charge in [-0.2, -0.15) is 0 Å². The molecule has 0 amide bonds. The number of hydrogen-bond acceptors (Lipinski definition) is 0. The minimum Gasteiger partial charge on any atom is -0.0808 e. The summed E-state index contributed by atoms with van der Waals surface area (Å²) in [4.78, 5) is 0. The van der Waals surface area contributed by atoms with Gasteiger partial charge in [-0.25, -0.2) is 0 Å². The van der Waals surface area contributed by atoms with Crippen LogP contribution in [0.1, 0.15) is 64.5 Å². The summed E-state index contributed by atoms with van der Waals surface area (Å²) in [5.41, 5.74) is 7.67. The third kappa shape index (κ3) is 2.83. The van der Waals surface area contributed by atoms with Gasteiger partial charge >= 0.3 is 0 Å². The highest BCUT2D eigenvalue weighted by Gasteiger charge is 2.41. The Hall–Kier alpha value is -1.82. The molecule has 2 aliphatic rings. The van der Waals surface area contributed by atoms with Gasteiger partial charge < -0.3 is 0 Å². The van der Waals surface area contributed by atoms with Crippen LogP contribution in [-0.2, 0) is 5.41 Å². The molecular weight excluding hydrogens is 288 g/mol. The molecule has 0 N–H and O–H groups in total. The molecule has 0 aliphatic heterocycles. The Morgan fingerprint density at radius 1 is 1.21 bits per heavy atom. The van der Waals surface area contributed by atoms with Crippen LogP contribution in [0.5, 0.6) is 0 Å². The SMILES string of the molecule is CC/C(=C\C=C(C)C)C1(C)CC2=CC=CC(C)C2c2ccccc21. The van der Waals surface area contributed by atoms with E-state index < -0.39 is 0 Å². The quantitative estimate of drug-likeness (QED) is 0.534. The first-order chi connectivity index (χ1) is 11.5. The van der Waals surface area contributed by atoms with Gasteiger partial charge in [-0.3, -0.25) is 0 Å². The fourth-order valence-corrected chi connectivity index (χ4v) is 4.58. The minimum atomic E-state index is 0.102. The van der Waals surface area contributed by atoms with Crippen molar-refractivity contribution in [1.82, 2.24) is 0 Å². The second-order valence-corrected chi connectivity index (χ2v) is 7.85. The zero-order valence-electron chi connectivity index (χ0n) is 15.8. The molecule has 0 spiro atoms. The number of fused-ring (bicyclic) bond motifs is 3. The zero-order chi connectivity index (χ0) is 17.3. The maximum absolute atomic E-state index is 2.44. The molecule has 3 rings (SSSR count). The molecule has 3 unspecified atom stereocenters. The van der Waals surface area contributed by atoms with E-state index in [1.54, 1.807) is 5.57 Å². The molecule has 0 heteroatoms.